The molecule has 0 bridgehead atoms. The monoisotopic (exact) mass is 579 g/mol. The van der Waals surface area contributed by atoms with Crippen LogP contribution in [0.15, 0.2) is 29.3 Å². The number of aryl methyl sites for hydroxylation is 2. The summed E-state index contributed by atoms with van der Waals surface area (Å²) in [7, 11) is 3.42. The normalized spacial score (nSPS) is 17.7. The third-order valence-corrected chi connectivity index (χ3v) is 9.11. The zero-order chi connectivity index (χ0) is 29.5. The van der Waals surface area contributed by atoms with Gasteiger partial charge in [-0.25, -0.2) is 0 Å². The Bertz CT molecular complexity index is 1420. The molecule has 1 fully saturated rings. The fraction of sp³-hybridized carbons (Fsp3) is 0.548. The first kappa shape index (κ1) is 29.4. The SMILES string of the molecule is COC(OC)C1CCN(c2ccc(C3=N[C@@H](CC(=O)OC(C)(C)C)c4nnc(C)n4-c4sc(C)c(C)c43)cc2)CC1. The van der Waals surface area contributed by atoms with Crippen LogP contribution in [-0.4, -0.2) is 65.6 Å². The Hall–Kier alpha value is -3.08. The van der Waals surface area contributed by atoms with Gasteiger partial charge in [-0.3, -0.25) is 14.4 Å². The van der Waals surface area contributed by atoms with Crippen molar-refractivity contribution in [2.24, 2.45) is 10.9 Å². The van der Waals surface area contributed by atoms with E-state index in [1.807, 2.05) is 27.7 Å². The fourth-order valence-electron chi connectivity index (χ4n) is 5.81. The summed E-state index contributed by atoms with van der Waals surface area (Å²) in [4.78, 5) is 21.9. The topological polar surface area (TPSA) is 91.1 Å². The van der Waals surface area contributed by atoms with Crippen molar-refractivity contribution in [3.05, 3.63) is 57.5 Å². The van der Waals surface area contributed by atoms with E-state index < -0.39 is 11.6 Å². The van der Waals surface area contributed by atoms with Gasteiger partial charge in [-0.05, 0) is 72.1 Å². The van der Waals surface area contributed by atoms with Crippen molar-refractivity contribution in [3.8, 4) is 5.00 Å². The zero-order valence-corrected chi connectivity index (χ0v) is 26.2. The molecule has 0 radical (unpaired) electrons. The number of piperidine rings is 1. The van der Waals surface area contributed by atoms with Crippen LogP contribution in [0, 0.1) is 26.7 Å². The number of thiophene rings is 1. The van der Waals surface area contributed by atoms with E-state index in [4.69, 9.17) is 19.2 Å². The van der Waals surface area contributed by atoms with E-state index in [-0.39, 0.29) is 18.7 Å². The molecule has 0 amide bonds. The van der Waals surface area contributed by atoms with Crippen LogP contribution in [-0.2, 0) is 19.0 Å². The highest BCUT2D eigenvalue weighted by atomic mass is 32.1. The summed E-state index contributed by atoms with van der Waals surface area (Å²) in [5.74, 6) is 1.53. The molecule has 2 aliphatic rings. The molecule has 10 heteroatoms. The minimum Gasteiger partial charge on any atom is -0.460 e. The molecule has 2 aromatic heterocycles. The van der Waals surface area contributed by atoms with Crippen LogP contribution in [0.3, 0.4) is 0 Å². The lowest BCUT2D eigenvalue weighted by Gasteiger charge is -2.36. The number of aliphatic imine (C=N–C) groups is 1. The minimum absolute atomic E-state index is 0.0862. The molecule has 0 saturated carbocycles. The highest BCUT2D eigenvalue weighted by Gasteiger charge is 2.34. The number of carbonyl (C=O) groups excluding carboxylic acids is 1. The van der Waals surface area contributed by atoms with E-state index in [1.165, 1.54) is 16.1 Å². The van der Waals surface area contributed by atoms with Crippen molar-refractivity contribution in [2.45, 2.75) is 78.7 Å². The molecule has 0 unspecified atom stereocenters. The molecule has 41 heavy (non-hydrogen) atoms. The van der Waals surface area contributed by atoms with Gasteiger partial charge in [0.15, 0.2) is 12.1 Å². The second kappa shape index (κ2) is 11.7. The maximum absolute atomic E-state index is 13.0. The van der Waals surface area contributed by atoms with Crippen molar-refractivity contribution in [1.29, 1.82) is 0 Å². The number of fused-ring (bicyclic) bond motifs is 3. The van der Waals surface area contributed by atoms with Gasteiger partial charge in [0.25, 0.3) is 0 Å². The molecule has 9 nitrogen and oxygen atoms in total. The predicted molar refractivity (Wildman–Crippen MR) is 161 cm³/mol. The lowest BCUT2D eigenvalue weighted by Crippen LogP contribution is -2.39. The first-order valence-electron chi connectivity index (χ1n) is 14.2. The molecule has 1 aromatic carbocycles. The Kier molecular flexibility index (Phi) is 8.36. The van der Waals surface area contributed by atoms with Crippen molar-refractivity contribution in [2.75, 3.05) is 32.2 Å². The molecule has 0 aliphatic carbocycles. The maximum atomic E-state index is 13.0. The number of nitrogens with zero attached hydrogens (tertiary/aromatic N) is 5. The molecule has 0 spiro atoms. The number of anilines is 1. The van der Waals surface area contributed by atoms with E-state index in [9.17, 15) is 4.79 Å². The molecule has 5 rings (SSSR count). The molecule has 1 atom stereocenters. The molecule has 1 saturated heterocycles. The Morgan fingerprint density at radius 2 is 1.71 bits per heavy atom. The number of hydrogen-bond acceptors (Lipinski definition) is 9. The van der Waals surface area contributed by atoms with E-state index >= 15 is 0 Å². The molecule has 2 aliphatic heterocycles. The number of methoxy groups -OCH3 is 2. The van der Waals surface area contributed by atoms with Crippen molar-refractivity contribution in [1.82, 2.24) is 14.8 Å². The second-order valence-electron chi connectivity index (χ2n) is 11.9. The Morgan fingerprint density at radius 3 is 2.32 bits per heavy atom. The Balaban J connectivity index is 1.49. The zero-order valence-electron chi connectivity index (χ0n) is 25.4. The van der Waals surface area contributed by atoms with Gasteiger partial charge in [-0.15, -0.1) is 21.5 Å². The molecule has 4 heterocycles. The average Bonchev–Trinajstić information content (AvgIpc) is 3.41. The third-order valence-electron chi connectivity index (χ3n) is 7.91. The highest BCUT2D eigenvalue weighted by Crippen LogP contribution is 2.40. The van der Waals surface area contributed by atoms with E-state index in [1.54, 1.807) is 25.6 Å². The summed E-state index contributed by atoms with van der Waals surface area (Å²) in [5, 5.41) is 9.92. The number of hydrogen-bond donors (Lipinski definition) is 0. The number of carbonyl (C=O) groups is 1. The van der Waals surface area contributed by atoms with Gasteiger partial charge in [0.1, 0.15) is 22.5 Å². The van der Waals surface area contributed by atoms with Gasteiger partial charge >= 0.3 is 5.97 Å². The van der Waals surface area contributed by atoms with Crippen LogP contribution in [0.25, 0.3) is 5.00 Å². The number of aromatic nitrogens is 3. The van der Waals surface area contributed by atoms with E-state index in [0.717, 1.165) is 53.6 Å². The van der Waals surface area contributed by atoms with Crippen molar-refractivity contribution >= 4 is 28.7 Å². The van der Waals surface area contributed by atoms with Gasteiger partial charge in [0.2, 0.25) is 0 Å². The summed E-state index contributed by atoms with van der Waals surface area (Å²) in [5.41, 5.74) is 4.73. The van der Waals surface area contributed by atoms with Crippen molar-refractivity contribution in [3.63, 3.8) is 0 Å². The lowest BCUT2D eigenvalue weighted by molar-refractivity contribution is -0.155. The Labute approximate surface area is 246 Å². The number of benzene rings is 1. The summed E-state index contributed by atoms with van der Waals surface area (Å²) in [6, 6.07) is 8.12. The van der Waals surface area contributed by atoms with Gasteiger partial charge in [-0.2, -0.15) is 0 Å². The van der Waals surface area contributed by atoms with Gasteiger partial charge in [0.05, 0.1) is 12.1 Å². The van der Waals surface area contributed by atoms with Crippen LogP contribution in [0.2, 0.25) is 0 Å². The minimum atomic E-state index is -0.581. The van der Waals surface area contributed by atoms with Crippen LogP contribution in [0.4, 0.5) is 5.69 Å². The number of ether oxygens (including phenoxy) is 3. The van der Waals surface area contributed by atoms with Gasteiger partial charge < -0.3 is 19.1 Å². The Morgan fingerprint density at radius 1 is 1.05 bits per heavy atom. The molecule has 220 valence electrons. The van der Waals surface area contributed by atoms with Gasteiger partial charge in [0, 0.05) is 54.9 Å². The first-order valence-corrected chi connectivity index (χ1v) is 15.1. The van der Waals surface area contributed by atoms with Crippen LogP contribution in [0.1, 0.15) is 79.3 Å². The smallest absolute Gasteiger partial charge is 0.308 e. The largest absolute Gasteiger partial charge is 0.460 e. The van der Waals surface area contributed by atoms with Crippen molar-refractivity contribution < 1.29 is 19.0 Å². The fourth-order valence-corrected chi connectivity index (χ4v) is 7.02. The number of esters is 1. The van der Waals surface area contributed by atoms with Crippen LogP contribution < -0.4 is 4.90 Å². The molecular formula is C31H41N5O4S. The summed E-state index contributed by atoms with van der Waals surface area (Å²) in [6.45, 7) is 13.7. The molecular weight excluding hydrogens is 538 g/mol. The predicted octanol–water partition coefficient (Wildman–Crippen LogP) is 5.71. The molecule has 3 aromatic rings. The van der Waals surface area contributed by atoms with E-state index in [0.29, 0.717) is 11.7 Å². The second-order valence-corrected chi connectivity index (χ2v) is 13.1. The highest BCUT2D eigenvalue weighted by molar-refractivity contribution is 7.15. The van der Waals surface area contributed by atoms with Gasteiger partial charge in [-0.1, -0.05) is 12.1 Å². The summed E-state index contributed by atoms with van der Waals surface area (Å²) in [6.07, 6.45) is 1.97. The quantitative estimate of drug-likeness (QED) is 0.261. The van der Waals surface area contributed by atoms with Crippen LogP contribution in [0.5, 0.6) is 0 Å². The molecule has 0 N–H and O–H groups in total. The standard InChI is InChI=1S/C31H41N5O4S/c1-18-19(2)41-29-26(18)27(32-24(17-25(37)40-31(4,5)6)28-34-33-20(3)36(28)29)21-9-11-23(12-10-21)35-15-13-22(14-16-35)30(38-7)39-8/h9-12,22,24,30H,13-17H2,1-8H3/t24-/m0/s1. The lowest BCUT2D eigenvalue weighted by atomic mass is 9.95. The summed E-state index contributed by atoms with van der Waals surface area (Å²) < 4.78 is 18.8. The van der Waals surface area contributed by atoms with Crippen LogP contribution >= 0.6 is 11.3 Å². The average molecular weight is 580 g/mol. The third kappa shape index (κ3) is 5.96. The summed E-state index contributed by atoms with van der Waals surface area (Å²) >= 11 is 1.71. The number of rotatable bonds is 7. The maximum Gasteiger partial charge on any atom is 0.308 e. The first-order chi connectivity index (χ1) is 19.5. The van der Waals surface area contributed by atoms with E-state index in [2.05, 4.69) is 57.8 Å².